The second-order valence-electron chi connectivity index (χ2n) is 2.63. The first-order valence-corrected chi connectivity index (χ1v) is 3.37. The van der Waals surface area contributed by atoms with Crippen LogP contribution in [-0.4, -0.2) is 47.2 Å². The van der Waals surface area contributed by atoms with E-state index in [0.29, 0.717) is 0 Å². The molecule has 0 saturated carbocycles. The Bertz CT molecular complexity index is 191. The first-order chi connectivity index (χ1) is 5.24. The summed E-state index contributed by atoms with van der Waals surface area (Å²) in [5, 5.41) is 17.7. The number of aliphatic hydroxyl groups is 2. The monoisotopic (exact) mass is 160 g/mol. The maximum atomic E-state index is 11.0. The number of carbonyl (C=O) groups is 1. The molecule has 5 nitrogen and oxygen atoms in total. The molecule has 2 fully saturated rings. The van der Waals surface area contributed by atoms with Gasteiger partial charge in [-0.2, -0.15) is 0 Å². The molecule has 0 aromatic carbocycles. The predicted molar refractivity (Wildman–Crippen MR) is 31.6 cm³/mol. The largest absolute Gasteiger partial charge is 0.394 e. The lowest BCUT2D eigenvalue weighted by Gasteiger charge is -2.21. The van der Waals surface area contributed by atoms with Gasteiger partial charge in [0, 0.05) is 0 Å². The number of Topliss-reactive ketones (excluding diaryl/α,β-unsaturated/α-hetero) is 1. The fourth-order valence-electron chi connectivity index (χ4n) is 1.14. The summed E-state index contributed by atoms with van der Waals surface area (Å²) in [6.07, 6.45) is -3.16. The van der Waals surface area contributed by atoms with Gasteiger partial charge in [-0.1, -0.05) is 0 Å². The van der Waals surface area contributed by atoms with Gasteiger partial charge in [0.25, 0.3) is 0 Å². The van der Waals surface area contributed by atoms with Gasteiger partial charge >= 0.3 is 0 Å². The molecule has 0 aromatic rings. The number of hydrogen-bond donors (Lipinski definition) is 2. The third-order valence-electron chi connectivity index (χ3n) is 1.86. The zero-order valence-electron chi connectivity index (χ0n) is 5.64. The van der Waals surface area contributed by atoms with Gasteiger partial charge in [-0.3, -0.25) is 4.79 Å². The first-order valence-electron chi connectivity index (χ1n) is 3.37. The molecule has 2 unspecified atom stereocenters. The van der Waals surface area contributed by atoms with E-state index in [4.69, 9.17) is 19.7 Å². The number of rotatable bonds is 1. The number of aliphatic hydroxyl groups excluding tert-OH is 2. The van der Waals surface area contributed by atoms with Crippen molar-refractivity contribution < 1.29 is 24.5 Å². The average molecular weight is 160 g/mol. The smallest absolute Gasteiger partial charge is 0.198 e. The quantitative estimate of drug-likeness (QED) is 0.435. The number of hydrogen-bond acceptors (Lipinski definition) is 5. The lowest BCUT2D eigenvalue weighted by molar-refractivity contribution is -0.149. The summed E-state index contributed by atoms with van der Waals surface area (Å²) in [6, 6.07) is 0. The predicted octanol–water partition coefficient (Wildman–Crippen LogP) is -1.97. The Morgan fingerprint density at radius 3 is 2.82 bits per heavy atom. The standard InChI is InChI=1S/C6H8O5/c7-1-2-3(8)4(9)5-6(10-2)11-5/h2-3,5-8H,1H2/t2?,3-,5+,6?/m1/s1. The minimum absolute atomic E-state index is 0.362. The fraction of sp³-hybridized carbons (Fsp3) is 0.833. The molecule has 2 N–H and O–H groups in total. The summed E-state index contributed by atoms with van der Waals surface area (Å²) in [4.78, 5) is 11.0. The molecule has 5 heteroatoms. The number of epoxide rings is 1. The second kappa shape index (κ2) is 2.25. The van der Waals surface area contributed by atoms with E-state index in [1.807, 2.05) is 0 Å². The van der Waals surface area contributed by atoms with Crippen molar-refractivity contribution in [1.29, 1.82) is 0 Å². The zero-order valence-corrected chi connectivity index (χ0v) is 5.64. The Morgan fingerprint density at radius 2 is 2.18 bits per heavy atom. The van der Waals surface area contributed by atoms with Crippen LogP contribution in [0.15, 0.2) is 0 Å². The molecule has 0 aliphatic carbocycles. The highest BCUT2D eigenvalue weighted by Gasteiger charge is 2.55. The number of carbonyl (C=O) groups excluding carboxylic acids is 1. The van der Waals surface area contributed by atoms with Crippen molar-refractivity contribution >= 4 is 5.78 Å². The van der Waals surface area contributed by atoms with Gasteiger partial charge in [-0.05, 0) is 0 Å². The molecule has 2 rings (SSSR count). The van der Waals surface area contributed by atoms with Gasteiger partial charge in [0.15, 0.2) is 18.2 Å². The van der Waals surface area contributed by atoms with E-state index in [2.05, 4.69) is 0 Å². The van der Waals surface area contributed by atoms with Crippen molar-refractivity contribution in [3.63, 3.8) is 0 Å². The lowest BCUT2D eigenvalue weighted by atomic mass is 10.1. The third kappa shape index (κ3) is 0.970. The Hall–Kier alpha value is -0.490. The van der Waals surface area contributed by atoms with Crippen LogP contribution in [0.5, 0.6) is 0 Å². The maximum absolute atomic E-state index is 11.0. The Balaban J connectivity index is 2.09. The molecule has 0 radical (unpaired) electrons. The molecule has 0 aromatic heterocycles. The average Bonchev–Trinajstić information content (AvgIpc) is 2.75. The van der Waals surface area contributed by atoms with E-state index in [0.717, 1.165) is 0 Å². The minimum Gasteiger partial charge on any atom is -0.394 e. The highest BCUT2D eigenvalue weighted by Crippen LogP contribution is 2.32. The maximum Gasteiger partial charge on any atom is 0.198 e. The van der Waals surface area contributed by atoms with Crippen LogP contribution in [0.1, 0.15) is 0 Å². The molecule has 62 valence electrons. The van der Waals surface area contributed by atoms with Crippen LogP contribution in [0.25, 0.3) is 0 Å². The summed E-state index contributed by atoms with van der Waals surface area (Å²) in [5.41, 5.74) is 0. The van der Waals surface area contributed by atoms with Gasteiger partial charge in [0.1, 0.15) is 12.2 Å². The van der Waals surface area contributed by atoms with Crippen LogP contribution in [0, 0.1) is 0 Å². The molecular weight excluding hydrogens is 152 g/mol. The summed E-state index contributed by atoms with van der Waals surface area (Å²) < 4.78 is 9.70. The Kier molecular flexibility index (Phi) is 1.47. The molecule has 0 spiro atoms. The van der Waals surface area contributed by atoms with Gasteiger partial charge in [0.05, 0.1) is 6.61 Å². The van der Waals surface area contributed by atoms with Crippen LogP contribution in [-0.2, 0) is 14.3 Å². The van der Waals surface area contributed by atoms with Crippen LogP contribution >= 0.6 is 0 Å². The fourth-order valence-corrected chi connectivity index (χ4v) is 1.14. The van der Waals surface area contributed by atoms with E-state index in [1.54, 1.807) is 0 Å². The second-order valence-corrected chi connectivity index (χ2v) is 2.63. The molecule has 4 atom stereocenters. The SMILES string of the molecule is O=C1[C@H](O)C(CO)OC2O[C@@H]12. The van der Waals surface area contributed by atoms with Crippen molar-refractivity contribution in [2.75, 3.05) is 6.61 Å². The summed E-state index contributed by atoms with van der Waals surface area (Å²) in [6.45, 7) is -0.362. The zero-order chi connectivity index (χ0) is 8.01. The van der Waals surface area contributed by atoms with Crippen LogP contribution in [0.2, 0.25) is 0 Å². The Labute approximate surface area is 62.5 Å². The molecule has 2 heterocycles. The van der Waals surface area contributed by atoms with Gasteiger partial charge in [-0.15, -0.1) is 0 Å². The van der Waals surface area contributed by atoms with Crippen molar-refractivity contribution in [1.82, 2.24) is 0 Å². The van der Waals surface area contributed by atoms with E-state index in [-0.39, 0.29) is 12.4 Å². The highest BCUT2D eigenvalue weighted by molar-refractivity contribution is 5.90. The summed E-state index contributed by atoms with van der Waals surface area (Å²) in [5.74, 6) is -0.389. The molecule has 2 aliphatic heterocycles. The van der Waals surface area contributed by atoms with E-state index in [9.17, 15) is 4.79 Å². The van der Waals surface area contributed by atoms with Crippen LogP contribution in [0.3, 0.4) is 0 Å². The minimum atomic E-state index is -1.23. The Morgan fingerprint density at radius 1 is 1.45 bits per heavy atom. The van der Waals surface area contributed by atoms with Gasteiger partial charge in [0.2, 0.25) is 0 Å². The first kappa shape index (κ1) is 7.17. The molecule has 2 saturated heterocycles. The third-order valence-corrected chi connectivity index (χ3v) is 1.86. The number of ether oxygens (including phenoxy) is 2. The summed E-state index contributed by atoms with van der Waals surface area (Å²) >= 11 is 0. The summed E-state index contributed by atoms with van der Waals surface area (Å²) in [7, 11) is 0. The number of fused-ring (bicyclic) bond motifs is 1. The lowest BCUT2D eigenvalue weighted by Crippen LogP contribution is -2.46. The van der Waals surface area contributed by atoms with E-state index in [1.165, 1.54) is 0 Å². The van der Waals surface area contributed by atoms with E-state index >= 15 is 0 Å². The van der Waals surface area contributed by atoms with Crippen molar-refractivity contribution in [2.24, 2.45) is 0 Å². The van der Waals surface area contributed by atoms with Crippen LogP contribution < -0.4 is 0 Å². The molecule has 2 aliphatic rings. The number of ketones is 1. The molecule has 0 amide bonds. The van der Waals surface area contributed by atoms with Gasteiger partial charge < -0.3 is 19.7 Å². The molecule has 0 bridgehead atoms. The molecular formula is C6H8O5. The van der Waals surface area contributed by atoms with Crippen molar-refractivity contribution in [3.8, 4) is 0 Å². The normalized spacial score (nSPS) is 48.7. The highest BCUT2D eigenvalue weighted by atomic mass is 16.8. The van der Waals surface area contributed by atoms with E-state index < -0.39 is 24.6 Å². The van der Waals surface area contributed by atoms with Crippen molar-refractivity contribution in [3.05, 3.63) is 0 Å². The molecule has 11 heavy (non-hydrogen) atoms. The van der Waals surface area contributed by atoms with Crippen molar-refractivity contribution in [2.45, 2.75) is 24.6 Å². The van der Waals surface area contributed by atoms with Gasteiger partial charge in [-0.25, -0.2) is 0 Å². The topological polar surface area (TPSA) is 79.3 Å². The van der Waals surface area contributed by atoms with Crippen LogP contribution in [0.4, 0.5) is 0 Å².